The molecule has 0 aliphatic carbocycles. The van der Waals surface area contributed by atoms with Gasteiger partial charge in [0.25, 0.3) is 5.89 Å². The molecular formula is C26H27N9O2. The van der Waals surface area contributed by atoms with Crippen molar-refractivity contribution in [3.05, 3.63) is 42.2 Å². The molecule has 0 radical (unpaired) electrons. The number of hydrogen-bond acceptors (Lipinski definition) is 9. The summed E-state index contributed by atoms with van der Waals surface area (Å²) in [5.74, 6) is 0.515. The summed E-state index contributed by atoms with van der Waals surface area (Å²) in [6.45, 7) is 7.14. The Morgan fingerprint density at radius 2 is 1.95 bits per heavy atom. The number of pyridine rings is 1. The molecule has 0 spiro atoms. The summed E-state index contributed by atoms with van der Waals surface area (Å²) in [5.41, 5.74) is 4.38. The molecule has 0 aromatic carbocycles. The fraction of sp³-hybridized carbons (Fsp3) is 0.385. The van der Waals surface area contributed by atoms with Crippen molar-refractivity contribution in [2.24, 2.45) is 0 Å². The van der Waals surface area contributed by atoms with Crippen LogP contribution in [0.15, 0.2) is 41.1 Å². The number of nitrogens with one attached hydrogen (secondary N) is 1. The van der Waals surface area contributed by atoms with Crippen molar-refractivity contribution in [3.63, 3.8) is 0 Å². The van der Waals surface area contributed by atoms with Gasteiger partial charge in [0.1, 0.15) is 6.07 Å². The highest BCUT2D eigenvalue weighted by Crippen LogP contribution is 2.35. The SMILES string of the molecule is CC(=O)N1C2CCC1CN(c1nnc(-c3cnc(-c4ccc5cc(C#N)cnn45)cc3NC(C)C)o1)C2. The molecule has 6 heterocycles. The summed E-state index contributed by atoms with van der Waals surface area (Å²) in [5, 5.41) is 25.7. The van der Waals surface area contributed by atoms with E-state index < -0.39 is 0 Å². The van der Waals surface area contributed by atoms with Crippen molar-refractivity contribution in [1.82, 2.24) is 29.7 Å². The molecule has 2 atom stereocenters. The fourth-order valence-corrected chi connectivity index (χ4v) is 5.48. The lowest BCUT2D eigenvalue weighted by Gasteiger charge is -2.39. The number of nitriles is 1. The largest absolute Gasteiger partial charge is 0.403 e. The first kappa shape index (κ1) is 23.0. The molecule has 2 bridgehead atoms. The highest BCUT2D eigenvalue weighted by Gasteiger charge is 2.42. The van der Waals surface area contributed by atoms with E-state index in [4.69, 9.17) is 14.7 Å². The second-order valence-electron chi connectivity index (χ2n) is 9.93. The zero-order valence-electron chi connectivity index (χ0n) is 20.9. The highest BCUT2D eigenvalue weighted by molar-refractivity contribution is 5.77. The van der Waals surface area contributed by atoms with Crippen molar-refractivity contribution in [3.8, 4) is 28.9 Å². The standard InChI is InChI=1S/C26H27N9O2/c1-15(2)30-22-9-23(24-7-6-18-8-17(10-27)11-29-35(18)24)28-12-21(22)25-31-32-26(37-25)33-13-19-4-5-20(14-33)34(19)16(3)36/h6-9,11-12,15,19-20H,4-5,13-14H2,1-3H3,(H,28,30). The summed E-state index contributed by atoms with van der Waals surface area (Å²) in [6, 6.07) is 10.7. The number of rotatable bonds is 5. The molecule has 188 valence electrons. The van der Waals surface area contributed by atoms with Crippen molar-refractivity contribution in [2.45, 2.75) is 51.7 Å². The Morgan fingerprint density at radius 3 is 2.65 bits per heavy atom. The zero-order chi connectivity index (χ0) is 25.7. The number of amides is 1. The summed E-state index contributed by atoms with van der Waals surface area (Å²) >= 11 is 0. The van der Waals surface area contributed by atoms with Crippen molar-refractivity contribution >= 4 is 23.1 Å². The van der Waals surface area contributed by atoms with Crippen LogP contribution in [-0.4, -0.2) is 66.8 Å². The number of anilines is 2. The maximum atomic E-state index is 12.1. The first-order valence-electron chi connectivity index (χ1n) is 12.4. The molecule has 2 fully saturated rings. The molecule has 37 heavy (non-hydrogen) atoms. The Bertz CT molecular complexity index is 1520. The predicted octanol–water partition coefficient (Wildman–Crippen LogP) is 3.34. The topological polar surface area (TPSA) is 128 Å². The number of hydrogen-bond donors (Lipinski definition) is 1. The molecule has 2 saturated heterocycles. The molecule has 0 saturated carbocycles. The lowest BCUT2D eigenvalue weighted by atomic mass is 10.1. The molecule has 2 unspecified atom stereocenters. The van der Waals surface area contributed by atoms with Crippen LogP contribution in [0.1, 0.15) is 39.2 Å². The number of aromatic nitrogens is 5. The van der Waals surface area contributed by atoms with E-state index in [9.17, 15) is 4.79 Å². The number of fused-ring (bicyclic) bond motifs is 3. The van der Waals surface area contributed by atoms with Crippen LogP contribution in [-0.2, 0) is 4.79 Å². The minimum absolute atomic E-state index is 0.130. The fourth-order valence-electron chi connectivity index (χ4n) is 5.48. The van der Waals surface area contributed by atoms with Gasteiger partial charge in [0.05, 0.1) is 39.9 Å². The monoisotopic (exact) mass is 497 g/mol. The summed E-state index contributed by atoms with van der Waals surface area (Å²) < 4.78 is 7.92. The lowest BCUT2D eigenvalue weighted by Crippen LogP contribution is -2.55. The first-order valence-corrected chi connectivity index (χ1v) is 12.4. The van der Waals surface area contributed by atoms with Crippen LogP contribution in [0.3, 0.4) is 0 Å². The third kappa shape index (κ3) is 4.04. The van der Waals surface area contributed by atoms with Gasteiger partial charge in [-0.1, -0.05) is 5.10 Å². The normalized spacial score (nSPS) is 19.0. The van der Waals surface area contributed by atoms with Gasteiger partial charge in [0, 0.05) is 44.3 Å². The maximum Gasteiger partial charge on any atom is 0.318 e. The number of piperazine rings is 1. The Balaban J connectivity index is 1.32. The molecule has 4 aromatic rings. The molecule has 11 heteroatoms. The maximum absolute atomic E-state index is 12.1. The Kier molecular flexibility index (Phi) is 5.52. The average Bonchev–Trinajstić information content (AvgIpc) is 3.59. The quantitative estimate of drug-likeness (QED) is 0.441. The van der Waals surface area contributed by atoms with Gasteiger partial charge in [-0.15, -0.1) is 5.10 Å². The minimum atomic E-state index is 0.130. The van der Waals surface area contributed by atoms with Gasteiger partial charge in [0.2, 0.25) is 5.91 Å². The van der Waals surface area contributed by atoms with Gasteiger partial charge in [-0.2, -0.15) is 10.4 Å². The molecule has 2 aliphatic heterocycles. The van der Waals surface area contributed by atoms with Crippen LogP contribution in [0, 0.1) is 11.3 Å². The number of nitrogens with zero attached hydrogens (tertiary/aromatic N) is 8. The van der Waals surface area contributed by atoms with E-state index >= 15 is 0 Å². The molecule has 2 aliphatic rings. The van der Waals surface area contributed by atoms with Gasteiger partial charge in [0.15, 0.2) is 0 Å². The number of carbonyl (C=O) groups excluding carboxylic acids is 1. The minimum Gasteiger partial charge on any atom is -0.403 e. The Hall–Kier alpha value is -4.46. The lowest BCUT2D eigenvalue weighted by molar-refractivity contribution is -0.132. The van der Waals surface area contributed by atoms with Gasteiger partial charge in [-0.25, -0.2) is 4.52 Å². The molecule has 1 amide bonds. The predicted molar refractivity (Wildman–Crippen MR) is 137 cm³/mol. The van der Waals surface area contributed by atoms with Crippen LogP contribution in [0.2, 0.25) is 0 Å². The first-order chi connectivity index (χ1) is 17.9. The average molecular weight is 498 g/mol. The molecule has 1 N–H and O–H groups in total. The summed E-state index contributed by atoms with van der Waals surface area (Å²) in [4.78, 5) is 20.8. The summed E-state index contributed by atoms with van der Waals surface area (Å²) in [6.07, 6.45) is 5.27. The molecule has 4 aromatic heterocycles. The highest BCUT2D eigenvalue weighted by atomic mass is 16.4. The van der Waals surface area contributed by atoms with Crippen LogP contribution in [0.5, 0.6) is 0 Å². The van der Waals surface area contributed by atoms with Crippen LogP contribution in [0.4, 0.5) is 11.7 Å². The van der Waals surface area contributed by atoms with Gasteiger partial charge >= 0.3 is 6.01 Å². The van der Waals surface area contributed by atoms with E-state index in [1.807, 2.05) is 23.1 Å². The van der Waals surface area contributed by atoms with Crippen molar-refractivity contribution in [1.29, 1.82) is 5.26 Å². The second kappa shape index (κ2) is 8.89. The Labute approximate surface area is 213 Å². The van der Waals surface area contributed by atoms with Crippen LogP contribution >= 0.6 is 0 Å². The molecular weight excluding hydrogens is 470 g/mol. The van der Waals surface area contributed by atoms with E-state index in [0.717, 1.165) is 35.4 Å². The third-order valence-corrected chi connectivity index (χ3v) is 7.00. The van der Waals surface area contributed by atoms with Gasteiger partial charge < -0.3 is 19.5 Å². The zero-order valence-corrected chi connectivity index (χ0v) is 20.9. The van der Waals surface area contributed by atoms with Gasteiger partial charge in [-0.05, 0) is 51.0 Å². The summed E-state index contributed by atoms with van der Waals surface area (Å²) in [7, 11) is 0. The Morgan fingerprint density at radius 1 is 1.16 bits per heavy atom. The molecule has 11 nitrogen and oxygen atoms in total. The van der Waals surface area contributed by atoms with Crippen molar-refractivity contribution < 1.29 is 9.21 Å². The van der Waals surface area contributed by atoms with Crippen LogP contribution < -0.4 is 10.2 Å². The van der Waals surface area contributed by atoms with Crippen LogP contribution in [0.25, 0.3) is 28.4 Å². The second-order valence-corrected chi connectivity index (χ2v) is 9.93. The molecule has 6 rings (SSSR count). The van der Waals surface area contributed by atoms with Gasteiger partial charge in [-0.3, -0.25) is 9.78 Å². The smallest absolute Gasteiger partial charge is 0.318 e. The van der Waals surface area contributed by atoms with E-state index in [1.165, 1.54) is 0 Å². The van der Waals surface area contributed by atoms with E-state index in [1.54, 1.807) is 29.9 Å². The van der Waals surface area contributed by atoms with E-state index in [0.29, 0.717) is 36.1 Å². The van der Waals surface area contributed by atoms with E-state index in [-0.39, 0.29) is 24.0 Å². The number of carbonyl (C=O) groups is 1. The third-order valence-electron chi connectivity index (χ3n) is 7.00. The van der Waals surface area contributed by atoms with E-state index in [2.05, 4.69) is 45.4 Å². The van der Waals surface area contributed by atoms with Crippen molar-refractivity contribution in [2.75, 3.05) is 23.3 Å².